The minimum Gasteiger partial charge on any atom is -0.312 e. The van der Waals surface area contributed by atoms with Gasteiger partial charge in [0.2, 0.25) is 0 Å². The molecule has 5 nitrogen and oxygen atoms in total. The summed E-state index contributed by atoms with van der Waals surface area (Å²) >= 11 is 7.52. The number of aromatic nitrogens is 3. The molecule has 1 aromatic carbocycles. The number of aryl methyl sites for hydroxylation is 1. The lowest BCUT2D eigenvalue weighted by Gasteiger charge is -2.08. The largest absolute Gasteiger partial charge is 0.312 e. The predicted molar refractivity (Wildman–Crippen MR) is 102 cm³/mol. The van der Waals surface area contributed by atoms with E-state index < -0.39 is 0 Å². The van der Waals surface area contributed by atoms with Gasteiger partial charge in [0, 0.05) is 17.6 Å². The lowest BCUT2D eigenvalue weighted by atomic mass is 10.3. The van der Waals surface area contributed by atoms with Gasteiger partial charge in [-0.15, -0.1) is 6.58 Å². The number of carbonyl (C=O) groups is 1. The van der Waals surface area contributed by atoms with Crippen LogP contribution in [0.3, 0.4) is 0 Å². The van der Waals surface area contributed by atoms with E-state index in [1.54, 1.807) is 16.8 Å². The Balaban J connectivity index is 2.16. The Bertz CT molecular complexity index is 1030. The van der Waals surface area contributed by atoms with Crippen molar-refractivity contribution in [2.45, 2.75) is 33.4 Å². The van der Waals surface area contributed by atoms with E-state index >= 15 is 0 Å². The summed E-state index contributed by atoms with van der Waals surface area (Å²) in [4.78, 5) is 17.8. The topological polar surface area (TPSA) is 52.2 Å². The molecule has 0 radical (unpaired) electrons. The van der Waals surface area contributed by atoms with Crippen molar-refractivity contribution in [1.82, 2.24) is 14.3 Å². The molecule has 0 fully saturated rings. The maximum atomic E-state index is 12.8. The summed E-state index contributed by atoms with van der Waals surface area (Å²) in [6.45, 7) is 10.2. The van der Waals surface area contributed by atoms with Crippen molar-refractivity contribution in [2.24, 2.45) is 4.99 Å². The molecular weight excluding hydrogens is 356 g/mol. The summed E-state index contributed by atoms with van der Waals surface area (Å²) in [5.41, 5.74) is 2.27. The lowest BCUT2D eigenvalue weighted by Crippen LogP contribution is -2.18. The van der Waals surface area contributed by atoms with E-state index in [0.29, 0.717) is 22.1 Å². The van der Waals surface area contributed by atoms with Crippen molar-refractivity contribution in [3.8, 4) is 0 Å². The van der Waals surface area contributed by atoms with Gasteiger partial charge in [0.15, 0.2) is 4.80 Å². The van der Waals surface area contributed by atoms with E-state index in [1.165, 1.54) is 11.3 Å². The second-order valence-corrected chi connectivity index (χ2v) is 7.47. The fourth-order valence-electron chi connectivity index (χ4n) is 2.65. The van der Waals surface area contributed by atoms with Crippen molar-refractivity contribution in [2.75, 3.05) is 0 Å². The number of hydrogen-bond donors (Lipinski definition) is 0. The Morgan fingerprint density at radius 2 is 2.20 bits per heavy atom. The third kappa shape index (κ3) is 3.45. The second-order valence-electron chi connectivity index (χ2n) is 6.02. The molecule has 25 heavy (non-hydrogen) atoms. The quantitative estimate of drug-likeness (QED) is 0.637. The first kappa shape index (κ1) is 17.6. The van der Waals surface area contributed by atoms with Gasteiger partial charge < -0.3 is 4.57 Å². The van der Waals surface area contributed by atoms with Gasteiger partial charge in [-0.05, 0) is 45.0 Å². The molecule has 0 saturated heterocycles. The first-order valence-corrected chi connectivity index (χ1v) is 9.15. The van der Waals surface area contributed by atoms with Crippen LogP contribution in [0.25, 0.3) is 10.2 Å². The van der Waals surface area contributed by atoms with Gasteiger partial charge in [0.1, 0.15) is 5.69 Å². The van der Waals surface area contributed by atoms with E-state index in [2.05, 4.69) is 16.7 Å². The monoisotopic (exact) mass is 374 g/mol. The van der Waals surface area contributed by atoms with Crippen LogP contribution in [0.2, 0.25) is 5.02 Å². The highest BCUT2D eigenvalue weighted by atomic mass is 35.5. The molecule has 0 aliphatic rings. The van der Waals surface area contributed by atoms with Crippen LogP contribution in [-0.4, -0.2) is 20.3 Å². The molecule has 0 bridgehead atoms. The Morgan fingerprint density at radius 3 is 2.88 bits per heavy atom. The fraction of sp³-hybridized carbons (Fsp3) is 0.278. The molecule has 3 rings (SSSR count). The van der Waals surface area contributed by atoms with Crippen LogP contribution in [0.4, 0.5) is 0 Å². The number of nitrogens with zero attached hydrogens (tertiary/aromatic N) is 4. The number of thiazole rings is 1. The van der Waals surface area contributed by atoms with Gasteiger partial charge in [0.25, 0.3) is 5.91 Å². The molecule has 0 aliphatic heterocycles. The molecule has 0 spiro atoms. The molecule has 0 saturated carbocycles. The molecule has 0 aliphatic carbocycles. The third-order valence-electron chi connectivity index (χ3n) is 3.72. The molecule has 7 heteroatoms. The lowest BCUT2D eigenvalue weighted by molar-refractivity contribution is 0.0986. The van der Waals surface area contributed by atoms with Crippen molar-refractivity contribution in [3.63, 3.8) is 0 Å². The van der Waals surface area contributed by atoms with Crippen molar-refractivity contribution in [1.29, 1.82) is 0 Å². The minimum absolute atomic E-state index is 0.0874. The number of halogens is 1. The van der Waals surface area contributed by atoms with Gasteiger partial charge in [-0.2, -0.15) is 10.1 Å². The average molecular weight is 375 g/mol. The SMILES string of the molecule is C=CCn1c(=NC(=O)c2cc(C)nn2C(C)C)sc2cc(Cl)ccc21. The summed E-state index contributed by atoms with van der Waals surface area (Å²) in [6.07, 6.45) is 1.78. The summed E-state index contributed by atoms with van der Waals surface area (Å²) < 4.78 is 4.65. The number of carbonyl (C=O) groups excluding carboxylic acids is 1. The number of allylic oxidation sites excluding steroid dienone is 1. The van der Waals surface area contributed by atoms with E-state index in [-0.39, 0.29) is 11.9 Å². The number of fused-ring (bicyclic) bond motifs is 1. The fourth-order valence-corrected chi connectivity index (χ4v) is 3.97. The van der Waals surface area contributed by atoms with E-state index in [4.69, 9.17) is 11.6 Å². The van der Waals surface area contributed by atoms with Crippen molar-refractivity contribution >= 4 is 39.1 Å². The highest BCUT2D eigenvalue weighted by Crippen LogP contribution is 2.22. The first-order valence-electron chi connectivity index (χ1n) is 7.95. The first-order chi connectivity index (χ1) is 11.9. The summed E-state index contributed by atoms with van der Waals surface area (Å²) in [6, 6.07) is 7.51. The molecular formula is C18H19ClN4OS. The maximum absolute atomic E-state index is 12.8. The van der Waals surface area contributed by atoms with Crippen LogP contribution in [0, 0.1) is 6.92 Å². The molecule has 2 heterocycles. The molecule has 130 valence electrons. The number of rotatable bonds is 4. The summed E-state index contributed by atoms with van der Waals surface area (Å²) in [7, 11) is 0. The Hall–Kier alpha value is -2.18. The minimum atomic E-state index is -0.301. The second kappa shape index (κ2) is 6.98. The predicted octanol–water partition coefficient (Wildman–Crippen LogP) is 4.37. The molecule has 0 N–H and O–H groups in total. The van der Waals surface area contributed by atoms with Crippen LogP contribution in [0.5, 0.6) is 0 Å². The smallest absolute Gasteiger partial charge is 0.297 e. The van der Waals surface area contributed by atoms with Crippen LogP contribution < -0.4 is 4.80 Å². The third-order valence-corrected chi connectivity index (χ3v) is 5.00. The summed E-state index contributed by atoms with van der Waals surface area (Å²) in [5, 5.41) is 5.04. The number of benzene rings is 1. The maximum Gasteiger partial charge on any atom is 0.297 e. The van der Waals surface area contributed by atoms with Crippen LogP contribution in [0.1, 0.15) is 36.1 Å². The normalized spacial score (nSPS) is 12.3. The van der Waals surface area contributed by atoms with Crippen molar-refractivity contribution in [3.05, 3.63) is 58.1 Å². The molecule has 0 atom stereocenters. The highest BCUT2D eigenvalue weighted by molar-refractivity contribution is 7.16. The standard InChI is InChI=1S/C18H19ClN4OS/c1-5-8-22-14-7-6-13(19)10-16(14)25-18(22)20-17(24)15-9-12(4)21-23(15)11(2)3/h5-7,9-11H,1,8H2,2-4H3. The van der Waals surface area contributed by atoms with Gasteiger partial charge in [-0.3, -0.25) is 9.48 Å². The Kier molecular flexibility index (Phi) is 4.92. The van der Waals surface area contributed by atoms with Crippen molar-refractivity contribution < 1.29 is 4.79 Å². The van der Waals surface area contributed by atoms with E-state index in [1.807, 2.05) is 43.5 Å². The Labute approximate surface area is 154 Å². The molecule has 0 unspecified atom stereocenters. The zero-order chi connectivity index (χ0) is 18.1. The van der Waals surface area contributed by atoms with Gasteiger partial charge >= 0.3 is 0 Å². The van der Waals surface area contributed by atoms with Gasteiger partial charge in [0.05, 0.1) is 15.9 Å². The van der Waals surface area contributed by atoms with Crippen LogP contribution >= 0.6 is 22.9 Å². The Morgan fingerprint density at radius 1 is 1.44 bits per heavy atom. The number of hydrogen-bond acceptors (Lipinski definition) is 3. The summed E-state index contributed by atoms with van der Waals surface area (Å²) in [5.74, 6) is -0.301. The van der Waals surface area contributed by atoms with Crippen LogP contribution in [-0.2, 0) is 6.54 Å². The zero-order valence-corrected chi connectivity index (χ0v) is 15.9. The number of amides is 1. The average Bonchev–Trinajstić information content (AvgIpc) is 3.09. The van der Waals surface area contributed by atoms with Gasteiger partial charge in [-0.1, -0.05) is 29.0 Å². The molecule has 2 aromatic heterocycles. The van der Waals surface area contributed by atoms with Gasteiger partial charge in [-0.25, -0.2) is 0 Å². The van der Waals surface area contributed by atoms with E-state index in [0.717, 1.165) is 15.9 Å². The molecule has 3 aromatic rings. The van der Waals surface area contributed by atoms with E-state index in [9.17, 15) is 4.79 Å². The zero-order valence-electron chi connectivity index (χ0n) is 14.4. The molecule has 1 amide bonds. The highest BCUT2D eigenvalue weighted by Gasteiger charge is 2.16. The van der Waals surface area contributed by atoms with Crippen LogP contribution in [0.15, 0.2) is 41.9 Å².